The smallest absolute Gasteiger partial charge is 0.372 e. The molecular weight excluding hydrogens is 196 g/mol. The molecule has 0 saturated heterocycles. The third-order valence-corrected chi connectivity index (χ3v) is 2.18. The number of carboxylic acid groups (broad SMARTS) is 1. The van der Waals surface area contributed by atoms with Gasteiger partial charge in [0, 0.05) is 18.1 Å². The summed E-state index contributed by atoms with van der Waals surface area (Å²) in [6.07, 6.45) is 0. The van der Waals surface area contributed by atoms with E-state index in [9.17, 15) is 4.79 Å². The van der Waals surface area contributed by atoms with Crippen LogP contribution in [0.1, 0.15) is 16.1 Å². The zero-order valence-corrected chi connectivity index (χ0v) is 8.19. The summed E-state index contributed by atoms with van der Waals surface area (Å²) in [6, 6.07) is 7.19. The number of para-hydroxylation sites is 1. The lowest BCUT2D eigenvalue weighted by Gasteiger charge is -1.96. The number of methoxy groups -OCH3 is 1. The molecule has 1 aromatic heterocycles. The second-order valence-electron chi connectivity index (χ2n) is 3.14. The average Bonchev–Trinajstić information content (AvgIpc) is 2.58. The van der Waals surface area contributed by atoms with Gasteiger partial charge in [-0.1, -0.05) is 18.2 Å². The van der Waals surface area contributed by atoms with E-state index in [1.807, 2.05) is 12.1 Å². The number of carboxylic acids is 1. The van der Waals surface area contributed by atoms with Gasteiger partial charge in [-0.3, -0.25) is 0 Å². The van der Waals surface area contributed by atoms with E-state index in [1.165, 1.54) is 7.11 Å². The molecule has 2 rings (SSSR count). The molecule has 0 aliphatic carbocycles. The SMILES string of the molecule is COCc1c(C(=O)O)oc2ccccc12. The Morgan fingerprint density at radius 3 is 2.87 bits per heavy atom. The Hall–Kier alpha value is -1.81. The zero-order chi connectivity index (χ0) is 10.8. The number of hydrogen-bond donors (Lipinski definition) is 1. The van der Waals surface area contributed by atoms with Crippen LogP contribution < -0.4 is 0 Å². The molecule has 0 saturated carbocycles. The van der Waals surface area contributed by atoms with Crippen LogP contribution in [0.15, 0.2) is 28.7 Å². The van der Waals surface area contributed by atoms with E-state index in [0.717, 1.165) is 5.39 Å². The first kappa shape index (κ1) is 9.73. The largest absolute Gasteiger partial charge is 0.475 e. The Morgan fingerprint density at radius 2 is 2.20 bits per heavy atom. The van der Waals surface area contributed by atoms with Gasteiger partial charge in [0.1, 0.15) is 5.58 Å². The number of ether oxygens (including phenoxy) is 1. The molecule has 1 heterocycles. The zero-order valence-electron chi connectivity index (χ0n) is 8.19. The van der Waals surface area contributed by atoms with E-state index in [4.69, 9.17) is 14.3 Å². The molecular formula is C11H10O4. The highest BCUT2D eigenvalue weighted by Gasteiger charge is 2.18. The lowest BCUT2D eigenvalue weighted by Crippen LogP contribution is -1.99. The standard InChI is InChI=1S/C11H10O4/c1-14-6-8-7-4-2-3-5-9(7)15-10(8)11(12)13/h2-5H,6H2,1H3,(H,12,13). The summed E-state index contributed by atoms with van der Waals surface area (Å²) in [6.45, 7) is 0.235. The van der Waals surface area contributed by atoms with Gasteiger partial charge in [0.15, 0.2) is 0 Å². The second kappa shape index (κ2) is 3.74. The Balaban J connectivity index is 2.68. The summed E-state index contributed by atoms with van der Waals surface area (Å²) in [5.41, 5.74) is 1.16. The highest BCUT2D eigenvalue weighted by Crippen LogP contribution is 2.26. The molecule has 0 radical (unpaired) electrons. The predicted octanol–water partition coefficient (Wildman–Crippen LogP) is 2.28. The van der Waals surface area contributed by atoms with Crippen molar-refractivity contribution in [1.82, 2.24) is 0 Å². The number of aromatic carboxylic acids is 1. The van der Waals surface area contributed by atoms with Gasteiger partial charge in [-0.25, -0.2) is 4.79 Å². The first-order valence-electron chi connectivity index (χ1n) is 4.46. The minimum Gasteiger partial charge on any atom is -0.475 e. The number of carbonyl (C=O) groups is 1. The minimum absolute atomic E-state index is 0.0435. The van der Waals surface area contributed by atoms with Crippen LogP contribution in [0.25, 0.3) is 11.0 Å². The van der Waals surface area contributed by atoms with Crippen molar-refractivity contribution in [2.45, 2.75) is 6.61 Å². The van der Waals surface area contributed by atoms with Crippen molar-refractivity contribution in [3.05, 3.63) is 35.6 Å². The molecule has 0 atom stereocenters. The number of hydrogen-bond acceptors (Lipinski definition) is 3. The summed E-state index contributed by atoms with van der Waals surface area (Å²) >= 11 is 0. The molecule has 4 heteroatoms. The molecule has 78 valence electrons. The van der Waals surface area contributed by atoms with Crippen LogP contribution in [-0.2, 0) is 11.3 Å². The molecule has 0 bridgehead atoms. The molecule has 0 aliphatic heterocycles. The Morgan fingerprint density at radius 1 is 1.47 bits per heavy atom. The highest BCUT2D eigenvalue weighted by atomic mass is 16.5. The van der Waals surface area contributed by atoms with Crippen molar-refractivity contribution in [3.8, 4) is 0 Å². The summed E-state index contributed by atoms with van der Waals surface area (Å²) < 4.78 is 10.2. The summed E-state index contributed by atoms with van der Waals surface area (Å²) in [5, 5.41) is 9.73. The van der Waals surface area contributed by atoms with Gasteiger partial charge >= 0.3 is 5.97 Å². The van der Waals surface area contributed by atoms with Gasteiger partial charge in [-0.15, -0.1) is 0 Å². The van der Waals surface area contributed by atoms with Crippen LogP contribution in [0, 0.1) is 0 Å². The molecule has 1 N–H and O–H groups in total. The number of furan rings is 1. The molecule has 0 amide bonds. The third kappa shape index (κ3) is 1.59. The van der Waals surface area contributed by atoms with E-state index < -0.39 is 5.97 Å². The van der Waals surface area contributed by atoms with Gasteiger partial charge < -0.3 is 14.3 Å². The monoisotopic (exact) mass is 206 g/mol. The fourth-order valence-electron chi connectivity index (χ4n) is 1.56. The molecule has 15 heavy (non-hydrogen) atoms. The van der Waals surface area contributed by atoms with Crippen LogP contribution in [0.4, 0.5) is 0 Å². The van der Waals surface area contributed by atoms with Crippen LogP contribution in [0.3, 0.4) is 0 Å². The second-order valence-corrected chi connectivity index (χ2v) is 3.14. The maximum atomic E-state index is 10.9. The van der Waals surface area contributed by atoms with E-state index in [1.54, 1.807) is 12.1 Å². The van der Waals surface area contributed by atoms with Crippen LogP contribution in [0.2, 0.25) is 0 Å². The van der Waals surface area contributed by atoms with Crippen LogP contribution in [-0.4, -0.2) is 18.2 Å². The Kier molecular flexibility index (Phi) is 2.43. The quantitative estimate of drug-likeness (QED) is 0.836. The molecule has 0 fully saturated rings. The molecule has 0 aliphatic rings. The predicted molar refractivity (Wildman–Crippen MR) is 53.9 cm³/mol. The third-order valence-electron chi connectivity index (χ3n) is 2.18. The van der Waals surface area contributed by atoms with Crippen molar-refractivity contribution < 1.29 is 19.1 Å². The molecule has 2 aromatic rings. The van der Waals surface area contributed by atoms with Crippen molar-refractivity contribution in [3.63, 3.8) is 0 Å². The fourth-order valence-corrected chi connectivity index (χ4v) is 1.56. The normalized spacial score (nSPS) is 10.7. The van der Waals surface area contributed by atoms with Gasteiger partial charge in [-0.2, -0.15) is 0 Å². The first-order valence-corrected chi connectivity index (χ1v) is 4.46. The molecule has 4 nitrogen and oxygen atoms in total. The average molecular weight is 206 g/mol. The number of fused-ring (bicyclic) bond motifs is 1. The molecule has 1 aromatic carbocycles. The maximum absolute atomic E-state index is 10.9. The van der Waals surface area contributed by atoms with E-state index in [-0.39, 0.29) is 12.4 Å². The first-order chi connectivity index (χ1) is 7.24. The van der Waals surface area contributed by atoms with Crippen LogP contribution in [0.5, 0.6) is 0 Å². The van der Waals surface area contributed by atoms with E-state index in [2.05, 4.69) is 0 Å². The van der Waals surface area contributed by atoms with Gasteiger partial charge in [0.25, 0.3) is 0 Å². The van der Waals surface area contributed by atoms with Gasteiger partial charge in [0.05, 0.1) is 6.61 Å². The highest BCUT2D eigenvalue weighted by molar-refractivity contribution is 5.94. The van der Waals surface area contributed by atoms with Crippen molar-refractivity contribution in [2.24, 2.45) is 0 Å². The van der Waals surface area contributed by atoms with Gasteiger partial charge in [-0.05, 0) is 6.07 Å². The van der Waals surface area contributed by atoms with Crippen molar-refractivity contribution >= 4 is 16.9 Å². The maximum Gasteiger partial charge on any atom is 0.372 e. The fraction of sp³-hybridized carbons (Fsp3) is 0.182. The van der Waals surface area contributed by atoms with Crippen molar-refractivity contribution in [2.75, 3.05) is 7.11 Å². The Labute approximate surface area is 86.1 Å². The lowest BCUT2D eigenvalue weighted by atomic mass is 10.1. The van der Waals surface area contributed by atoms with Crippen LogP contribution >= 0.6 is 0 Å². The number of rotatable bonds is 3. The van der Waals surface area contributed by atoms with Crippen molar-refractivity contribution in [1.29, 1.82) is 0 Å². The van der Waals surface area contributed by atoms with Gasteiger partial charge in [0.2, 0.25) is 5.76 Å². The topological polar surface area (TPSA) is 59.7 Å². The Bertz CT molecular complexity index is 498. The number of benzene rings is 1. The van der Waals surface area contributed by atoms with E-state index >= 15 is 0 Å². The molecule has 0 unspecified atom stereocenters. The lowest BCUT2D eigenvalue weighted by molar-refractivity contribution is 0.0658. The summed E-state index contributed by atoms with van der Waals surface area (Å²) in [7, 11) is 1.52. The molecule has 0 spiro atoms. The van der Waals surface area contributed by atoms with E-state index in [0.29, 0.717) is 11.1 Å². The summed E-state index contributed by atoms with van der Waals surface area (Å²) in [5.74, 6) is -1.11. The minimum atomic E-state index is -1.07. The summed E-state index contributed by atoms with van der Waals surface area (Å²) in [4.78, 5) is 10.9.